The van der Waals surface area contributed by atoms with E-state index in [-0.39, 0.29) is 21.4 Å². The van der Waals surface area contributed by atoms with Crippen molar-refractivity contribution in [3.05, 3.63) is 33.4 Å². The van der Waals surface area contributed by atoms with Gasteiger partial charge >= 0.3 is 0 Å². The third kappa shape index (κ3) is 8.28. The number of imide groups is 1. The van der Waals surface area contributed by atoms with Gasteiger partial charge < -0.3 is 4.55 Å². The Balaban J connectivity index is 0. The summed E-state index contributed by atoms with van der Waals surface area (Å²) in [5, 5.41) is 0. The van der Waals surface area contributed by atoms with Crippen LogP contribution in [0, 0.1) is 22.3 Å². The van der Waals surface area contributed by atoms with Gasteiger partial charge in [-0.1, -0.05) is 46.4 Å². The Morgan fingerprint density at radius 1 is 1.04 bits per heavy atom. The molecular weight excluding hydrogens is 457 g/mol. The molecule has 1 saturated heterocycles. The van der Waals surface area contributed by atoms with E-state index in [2.05, 4.69) is 31.2 Å². The Bertz CT molecular complexity index is 632. The van der Waals surface area contributed by atoms with Gasteiger partial charge in [-0.25, -0.2) is 8.42 Å². The maximum Gasteiger partial charge on any atom is 0.296 e. The number of aryl methyl sites for hydroxylation is 1. The van der Waals surface area contributed by atoms with Crippen LogP contribution in [0.5, 0.6) is 0 Å². The van der Waals surface area contributed by atoms with Gasteiger partial charge in [-0.2, -0.15) is 0 Å². The van der Waals surface area contributed by atoms with Crippen LogP contribution in [-0.4, -0.2) is 42.0 Å². The van der Waals surface area contributed by atoms with E-state index in [0.717, 1.165) is 4.90 Å². The summed E-state index contributed by atoms with van der Waals surface area (Å²) in [7, 11) is -4.39. The Hall–Kier alpha value is -1.000. The SMILES string of the molecule is C.C.CC1C(=O)N(CCS(=O)(=O)[O-])C(=O)C1C.Cc1ccc([IH+])cc1. The van der Waals surface area contributed by atoms with Crippen LogP contribution in [0.1, 0.15) is 34.3 Å². The van der Waals surface area contributed by atoms with E-state index >= 15 is 0 Å². The van der Waals surface area contributed by atoms with E-state index in [9.17, 15) is 22.6 Å². The zero-order valence-corrected chi connectivity index (χ0v) is 16.3. The van der Waals surface area contributed by atoms with Crippen LogP contribution in [0.15, 0.2) is 24.3 Å². The molecule has 0 N–H and O–H groups in total. The summed E-state index contributed by atoms with van der Waals surface area (Å²) in [5.41, 5.74) is 1.33. The van der Waals surface area contributed by atoms with E-state index in [1.54, 1.807) is 13.8 Å². The summed E-state index contributed by atoms with van der Waals surface area (Å²) in [6, 6.07) is 8.50. The van der Waals surface area contributed by atoms with E-state index < -0.39 is 39.5 Å². The van der Waals surface area contributed by atoms with E-state index in [1.807, 2.05) is 22.6 Å². The third-order valence-corrected chi connectivity index (χ3v) is 5.11. The summed E-state index contributed by atoms with van der Waals surface area (Å²) in [4.78, 5) is 23.8. The minimum Gasteiger partial charge on any atom is -0.748 e. The molecule has 2 amide bonds. The van der Waals surface area contributed by atoms with Gasteiger partial charge in [0.15, 0.2) is 3.57 Å². The largest absolute Gasteiger partial charge is 0.748 e. The molecule has 2 rings (SSSR count). The van der Waals surface area contributed by atoms with Crippen molar-refractivity contribution in [3.63, 3.8) is 0 Å². The first-order valence-electron chi connectivity index (χ1n) is 7.05. The van der Waals surface area contributed by atoms with Gasteiger partial charge in [-0.05, 0) is 19.1 Å². The molecule has 1 heterocycles. The number of carbonyl (C=O) groups is 2. The smallest absolute Gasteiger partial charge is 0.296 e. The Labute approximate surface area is 164 Å². The number of rotatable bonds is 3. The first-order chi connectivity index (χ1) is 10.5. The molecular formula is C17H28INO5S. The lowest BCUT2D eigenvalue weighted by Crippen LogP contribution is -3.34. The second kappa shape index (κ2) is 10.9. The maximum absolute atomic E-state index is 11.5. The van der Waals surface area contributed by atoms with E-state index in [1.165, 1.54) is 9.13 Å². The van der Waals surface area contributed by atoms with Crippen LogP contribution < -0.4 is 22.6 Å². The molecule has 25 heavy (non-hydrogen) atoms. The minimum atomic E-state index is -4.39. The summed E-state index contributed by atoms with van der Waals surface area (Å²) in [6.07, 6.45) is 0. The van der Waals surface area contributed by atoms with E-state index in [4.69, 9.17) is 0 Å². The molecule has 2 atom stereocenters. The molecule has 1 aliphatic rings. The molecule has 8 heteroatoms. The molecule has 1 aliphatic heterocycles. The van der Waals surface area contributed by atoms with Crippen LogP contribution in [0.2, 0.25) is 0 Å². The molecule has 0 aliphatic carbocycles. The fourth-order valence-corrected chi connectivity index (χ4v) is 2.78. The zero-order chi connectivity index (χ0) is 17.8. The highest BCUT2D eigenvalue weighted by molar-refractivity contribution is 7.85. The standard InChI is InChI=1S/C8H13NO5S.C7H8I.2CH4/c1-5-6(2)8(11)9(7(5)10)3-4-15(12,13)14;1-6-2-4-7(8)5-3-6;;/h5-6H,3-4H2,1-2H3,(H,12,13,14);2-5,8H,1H3;2*1H4/q;+1;;/p-1. The van der Waals surface area contributed by atoms with Crippen LogP contribution in [0.4, 0.5) is 0 Å². The van der Waals surface area contributed by atoms with Gasteiger partial charge in [0.2, 0.25) is 11.8 Å². The summed E-state index contributed by atoms with van der Waals surface area (Å²) in [6.45, 7) is 4.98. The molecule has 0 aromatic heterocycles. The molecule has 0 bridgehead atoms. The van der Waals surface area contributed by atoms with Gasteiger partial charge in [0, 0.05) is 18.4 Å². The zero-order valence-electron chi connectivity index (χ0n) is 13.2. The van der Waals surface area contributed by atoms with Crippen molar-refractivity contribution >= 4 is 21.9 Å². The Kier molecular flexibility index (Phi) is 11.4. The number of amides is 2. The molecule has 0 radical (unpaired) electrons. The van der Waals surface area contributed by atoms with Crippen LogP contribution in [-0.2, 0) is 19.7 Å². The second-order valence-electron chi connectivity index (χ2n) is 5.48. The lowest BCUT2D eigenvalue weighted by molar-refractivity contribution is -0.328. The maximum atomic E-state index is 11.5. The van der Waals surface area contributed by atoms with Crippen LogP contribution in [0.3, 0.4) is 0 Å². The molecule has 1 aromatic rings. The Morgan fingerprint density at radius 2 is 1.44 bits per heavy atom. The summed E-state index contributed by atoms with van der Waals surface area (Å²) >= 11 is 2.03. The number of halogens is 1. The molecule has 1 aromatic carbocycles. The molecule has 6 nitrogen and oxygen atoms in total. The number of carbonyl (C=O) groups excluding carboxylic acids is 2. The first kappa shape index (κ1) is 26.2. The number of nitrogens with zero attached hydrogens (tertiary/aromatic N) is 1. The average molecular weight is 485 g/mol. The third-order valence-electron chi connectivity index (χ3n) is 3.65. The van der Waals surface area contributed by atoms with Crippen molar-refractivity contribution in [1.29, 1.82) is 0 Å². The van der Waals surface area contributed by atoms with Crippen molar-refractivity contribution in [2.45, 2.75) is 35.6 Å². The molecule has 1 fully saturated rings. The van der Waals surface area contributed by atoms with Crippen LogP contribution >= 0.6 is 0 Å². The Morgan fingerprint density at radius 3 is 1.76 bits per heavy atom. The van der Waals surface area contributed by atoms with Crippen LogP contribution in [0.25, 0.3) is 0 Å². The van der Waals surface area contributed by atoms with Crippen molar-refractivity contribution in [2.75, 3.05) is 12.3 Å². The quantitative estimate of drug-likeness (QED) is 0.308. The second-order valence-corrected chi connectivity index (χ2v) is 8.35. The van der Waals surface area contributed by atoms with Gasteiger partial charge in [0.25, 0.3) is 22.6 Å². The highest BCUT2D eigenvalue weighted by atomic mass is 127. The molecule has 0 saturated carbocycles. The minimum absolute atomic E-state index is 0. The molecule has 2 unspecified atom stereocenters. The van der Waals surface area contributed by atoms with E-state index in [0.29, 0.717) is 0 Å². The lowest BCUT2D eigenvalue weighted by Gasteiger charge is -2.15. The topological polar surface area (TPSA) is 94.6 Å². The van der Waals surface area contributed by atoms with Gasteiger partial charge in [0.05, 0.1) is 15.9 Å². The van der Waals surface area contributed by atoms with Crippen molar-refractivity contribution in [3.8, 4) is 0 Å². The normalized spacial score (nSPS) is 19.5. The lowest BCUT2D eigenvalue weighted by atomic mass is 10.00. The average Bonchev–Trinajstić information content (AvgIpc) is 2.64. The number of hydrogen-bond donors (Lipinski definition) is 0. The summed E-state index contributed by atoms with van der Waals surface area (Å²) < 4.78 is 32.4. The monoisotopic (exact) mass is 485 g/mol. The number of hydrogen-bond acceptors (Lipinski definition) is 5. The first-order valence-corrected chi connectivity index (χ1v) is 9.79. The molecule has 144 valence electrons. The fraction of sp³-hybridized carbons (Fsp3) is 0.529. The van der Waals surface area contributed by atoms with Crippen molar-refractivity contribution < 1.29 is 45.2 Å². The highest BCUT2D eigenvalue weighted by Crippen LogP contribution is 2.24. The predicted molar refractivity (Wildman–Crippen MR) is 94.3 cm³/mol. The van der Waals surface area contributed by atoms with Gasteiger partial charge in [-0.15, -0.1) is 0 Å². The van der Waals surface area contributed by atoms with Crippen molar-refractivity contribution in [1.82, 2.24) is 4.90 Å². The fourth-order valence-electron chi connectivity index (χ4n) is 1.99. The number of likely N-dealkylation sites (tertiary alicyclic amines) is 1. The highest BCUT2D eigenvalue weighted by Gasteiger charge is 2.41. The summed E-state index contributed by atoms with van der Waals surface area (Å²) in [5.74, 6) is -2.41. The predicted octanol–water partition coefficient (Wildman–Crippen LogP) is -1.10. The van der Waals surface area contributed by atoms with Gasteiger partial charge in [-0.3, -0.25) is 14.5 Å². The van der Waals surface area contributed by atoms with Gasteiger partial charge in [0.1, 0.15) is 0 Å². The number of benzene rings is 1. The molecule has 0 spiro atoms. The van der Waals surface area contributed by atoms with Crippen molar-refractivity contribution in [2.24, 2.45) is 11.8 Å².